The van der Waals surface area contributed by atoms with Crippen LogP contribution < -0.4 is 20.9 Å². The second kappa shape index (κ2) is 8.11. The highest BCUT2D eigenvalue weighted by Gasteiger charge is 2.21. The Labute approximate surface area is 154 Å². The number of nitrogens with one attached hydrogen (secondary N) is 1. The monoisotopic (exact) mass is 380 g/mol. The highest BCUT2D eigenvalue weighted by Crippen LogP contribution is 2.20. The van der Waals surface area contributed by atoms with Crippen LogP contribution in [0.3, 0.4) is 0 Å². The maximum atomic E-state index is 13.7. The number of alkyl halides is 2. The average molecular weight is 380 g/mol. The Balaban J connectivity index is 1.63. The third-order valence-corrected chi connectivity index (χ3v) is 4.23. The van der Waals surface area contributed by atoms with Crippen LogP contribution in [0.4, 0.5) is 30.6 Å². The van der Waals surface area contributed by atoms with E-state index in [2.05, 4.69) is 20.2 Å². The number of primary amides is 1. The molecule has 0 saturated carbocycles. The zero-order chi connectivity index (χ0) is 19.4. The Morgan fingerprint density at radius 1 is 1.15 bits per heavy atom. The summed E-state index contributed by atoms with van der Waals surface area (Å²) in [6.45, 7) is 1.81. The van der Waals surface area contributed by atoms with Crippen molar-refractivity contribution in [2.75, 3.05) is 47.8 Å². The Kier molecular flexibility index (Phi) is 5.63. The van der Waals surface area contributed by atoms with E-state index >= 15 is 0 Å². The van der Waals surface area contributed by atoms with Crippen molar-refractivity contribution in [3.8, 4) is 0 Å². The molecule has 1 aromatic heterocycles. The molecule has 144 valence electrons. The van der Waals surface area contributed by atoms with Crippen molar-refractivity contribution in [3.63, 3.8) is 0 Å². The molecule has 1 aliphatic heterocycles. The minimum atomic E-state index is -2.60. The molecular weight excluding hydrogens is 361 g/mol. The van der Waals surface area contributed by atoms with E-state index in [0.29, 0.717) is 31.7 Å². The van der Waals surface area contributed by atoms with E-state index in [-0.39, 0.29) is 11.8 Å². The van der Waals surface area contributed by atoms with Gasteiger partial charge in [0.25, 0.3) is 6.43 Å². The molecule has 0 bridgehead atoms. The summed E-state index contributed by atoms with van der Waals surface area (Å²) in [5, 5.41) is 2.29. The lowest BCUT2D eigenvalue weighted by molar-refractivity contribution is 0.1000. The van der Waals surface area contributed by atoms with Crippen molar-refractivity contribution in [1.82, 2.24) is 9.97 Å². The fraction of sp³-hybridized carbons (Fsp3) is 0.353. The molecule has 10 heteroatoms. The van der Waals surface area contributed by atoms with Gasteiger partial charge in [0.15, 0.2) is 11.6 Å². The van der Waals surface area contributed by atoms with Crippen LogP contribution in [-0.2, 0) is 0 Å². The number of anilines is 3. The molecule has 2 aromatic rings. The van der Waals surface area contributed by atoms with Gasteiger partial charge in [-0.3, -0.25) is 4.79 Å². The highest BCUT2D eigenvalue weighted by atomic mass is 19.3. The quantitative estimate of drug-likeness (QED) is 0.794. The first-order valence-electron chi connectivity index (χ1n) is 8.38. The van der Waals surface area contributed by atoms with Crippen LogP contribution in [0.5, 0.6) is 0 Å². The van der Waals surface area contributed by atoms with Gasteiger partial charge in [0.2, 0.25) is 11.9 Å². The minimum Gasteiger partial charge on any atom is -0.368 e. The van der Waals surface area contributed by atoms with Crippen LogP contribution >= 0.6 is 0 Å². The molecule has 2 heterocycles. The number of benzene rings is 1. The highest BCUT2D eigenvalue weighted by molar-refractivity contribution is 5.93. The number of carbonyl (C=O) groups is 1. The minimum absolute atomic E-state index is 0.232. The molecule has 3 N–H and O–H groups in total. The van der Waals surface area contributed by atoms with E-state index < -0.39 is 24.7 Å². The largest absolute Gasteiger partial charge is 0.368 e. The van der Waals surface area contributed by atoms with Crippen molar-refractivity contribution in [2.45, 2.75) is 6.43 Å². The molecule has 0 spiro atoms. The van der Waals surface area contributed by atoms with Gasteiger partial charge >= 0.3 is 0 Å². The van der Waals surface area contributed by atoms with E-state index in [1.54, 1.807) is 12.1 Å². The lowest BCUT2D eigenvalue weighted by Crippen LogP contribution is -2.47. The summed E-state index contributed by atoms with van der Waals surface area (Å²) >= 11 is 0. The second-order valence-corrected chi connectivity index (χ2v) is 6.02. The van der Waals surface area contributed by atoms with Gasteiger partial charge < -0.3 is 20.9 Å². The van der Waals surface area contributed by atoms with Gasteiger partial charge in [-0.1, -0.05) is 0 Å². The maximum Gasteiger partial charge on any atom is 0.255 e. The molecule has 0 atom stereocenters. The first-order chi connectivity index (χ1) is 12.9. The molecule has 0 aliphatic carbocycles. The smallest absolute Gasteiger partial charge is 0.255 e. The number of hydrogen-bond acceptors (Lipinski definition) is 6. The lowest BCUT2D eigenvalue weighted by atomic mass is 10.1. The number of halogens is 3. The van der Waals surface area contributed by atoms with E-state index in [1.165, 1.54) is 0 Å². The third kappa shape index (κ3) is 4.57. The maximum absolute atomic E-state index is 13.7. The Hall–Kier alpha value is -3.04. The van der Waals surface area contributed by atoms with Crippen LogP contribution in [0.25, 0.3) is 0 Å². The molecule has 1 aliphatic rings. The SMILES string of the molecule is NC(=O)c1ccc(N2CCN(c3ncc(F)c(NCC(F)F)n3)CC2)cc1. The zero-order valence-corrected chi connectivity index (χ0v) is 14.4. The van der Waals surface area contributed by atoms with Crippen molar-refractivity contribution >= 4 is 23.4 Å². The van der Waals surface area contributed by atoms with Gasteiger partial charge in [-0.05, 0) is 24.3 Å². The van der Waals surface area contributed by atoms with Gasteiger partial charge in [-0.2, -0.15) is 4.98 Å². The summed E-state index contributed by atoms with van der Waals surface area (Å²) in [5.41, 5.74) is 6.64. The summed E-state index contributed by atoms with van der Waals surface area (Å²) in [5.74, 6) is -1.19. The summed E-state index contributed by atoms with van der Waals surface area (Å²) in [6, 6.07) is 7.01. The third-order valence-electron chi connectivity index (χ3n) is 4.23. The van der Waals surface area contributed by atoms with Gasteiger partial charge in [-0.25, -0.2) is 18.2 Å². The molecule has 0 radical (unpaired) electrons. The van der Waals surface area contributed by atoms with E-state index in [0.717, 1.165) is 11.9 Å². The molecule has 27 heavy (non-hydrogen) atoms. The molecular formula is C17H19F3N6O. The number of amides is 1. The molecule has 1 saturated heterocycles. The number of nitrogens with two attached hydrogens (primary N) is 1. The zero-order valence-electron chi connectivity index (χ0n) is 14.4. The lowest BCUT2D eigenvalue weighted by Gasteiger charge is -2.36. The molecule has 3 rings (SSSR count). The molecule has 1 aromatic carbocycles. The van der Waals surface area contributed by atoms with Crippen molar-refractivity contribution in [3.05, 3.63) is 41.8 Å². The van der Waals surface area contributed by atoms with Crippen molar-refractivity contribution in [1.29, 1.82) is 0 Å². The van der Waals surface area contributed by atoms with Crippen LogP contribution in [0, 0.1) is 5.82 Å². The van der Waals surface area contributed by atoms with Gasteiger partial charge in [0, 0.05) is 37.4 Å². The second-order valence-electron chi connectivity index (χ2n) is 6.02. The van der Waals surface area contributed by atoms with E-state index in [1.807, 2.05) is 17.0 Å². The number of rotatable bonds is 6. The van der Waals surface area contributed by atoms with E-state index in [4.69, 9.17) is 5.73 Å². The average Bonchev–Trinajstić information content (AvgIpc) is 2.67. The van der Waals surface area contributed by atoms with Crippen molar-refractivity contribution < 1.29 is 18.0 Å². The Morgan fingerprint density at radius 3 is 2.37 bits per heavy atom. The van der Waals surface area contributed by atoms with Gasteiger partial charge in [0.05, 0.1) is 12.7 Å². The standard InChI is InChI=1S/C17H19F3N6O/c18-13-9-23-17(24-16(13)22-10-14(19)20)26-7-5-25(6-8-26)12-3-1-11(2-4-12)15(21)27/h1-4,9,14H,5-8,10H2,(H2,21,27)(H,22,23,24). The van der Waals surface area contributed by atoms with Crippen LogP contribution in [0.1, 0.15) is 10.4 Å². The summed E-state index contributed by atoms with van der Waals surface area (Å²) in [6.07, 6.45) is -1.63. The number of carbonyl (C=O) groups excluding carboxylic acids is 1. The van der Waals surface area contributed by atoms with Crippen LogP contribution in [0.15, 0.2) is 30.5 Å². The predicted octanol–water partition coefficient (Wildman–Crippen LogP) is 1.72. The molecule has 1 amide bonds. The summed E-state index contributed by atoms with van der Waals surface area (Å²) in [7, 11) is 0. The molecule has 1 fully saturated rings. The van der Waals surface area contributed by atoms with Gasteiger partial charge in [0.1, 0.15) is 0 Å². The summed E-state index contributed by atoms with van der Waals surface area (Å²) in [4.78, 5) is 23.1. The van der Waals surface area contributed by atoms with Crippen LogP contribution in [0.2, 0.25) is 0 Å². The van der Waals surface area contributed by atoms with Crippen molar-refractivity contribution in [2.24, 2.45) is 5.73 Å². The Morgan fingerprint density at radius 2 is 1.78 bits per heavy atom. The topological polar surface area (TPSA) is 87.4 Å². The Bertz CT molecular complexity index is 794. The predicted molar refractivity (Wildman–Crippen MR) is 95.9 cm³/mol. The number of hydrogen-bond donors (Lipinski definition) is 2. The van der Waals surface area contributed by atoms with Crippen LogP contribution in [-0.4, -0.2) is 55.0 Å². The first kappa shape index (κ1) is 18.7. The fourth-order valence-corrected chi connectivity index (χ4v) is 2.81. The number of nitrogens with zero attached hydrogens (tertiary/aromatic N) is 4. The normalized spacial score (nSPS) is 14.5. The fourth-order valence-electron chi connectivity index (χ4n) is 2.81. The molecule has 7 nitrogen and oxygen atoms in total. The van der Waals surface area contributed by atoms with Gasteiger partial charge in [-0.15, -0.1) is 0 Å². The number of piperazine rings is 1. The summed E-state index contributed by atoms with van der Waals surface area (Å²) < 4.78 is 38.3. The number of aromatic nitrogens is 2. The van der Waals surface area contributed by atoms with E-state index in [9.17, 15) is 18.0 Å². The molecule has 0 unspecified atom stereocenters. The first-order valence-corrected chi connectivity index (χ1v) is 8.38.